The Labute approximate surface area is 107 Å². The van der Waals surface area contributed by atoms with Gasteiger partial charge in [0.15, 0.2) is 0 Å². The molecule has 0 amide bonds. The molecule has 1 aromatic heterocycles. The average molecular weight is 255 g/mol. The molecule has 1 rings (SSSR count). The molecule has 0 fully saturated rings. The minimum absolute atomic E-state index is 0.0128. The Bertz CT molecular complexity index is 375. The van der Waals surface area contributed by atoms with Gasteiger partial charge in [0.25, 0.3) is 0 Å². The third-order valence-electron chi connectivity index (χ3n) is 2.55. The van der Waals surface area contributed by atoms with Crippen molar-refractivity contribution in [3.05, 3.63) is 23.7 Å². The predicted octanol–water partition coefficient (Wildman–Crippen LogP) is 2.14. The summed E-state index contributed by atoms with van der Waals surface area (Å²) >= 11 is 0. The third-order valence-corrected chi connectivity index (χ3v) is 2.55. The lowest BCUT2D eigenvalue weighted by molar-refractivity contribution is 0.0561. The number of furan rings is 1. The van der Waals surface area contributed by atoms with Crippen molar-refractivity contribution in [1.82, 2.24) is 5.32 Å². The summed E-state index contributed by atoms with van der Waals surface area (Å²) in [6.45, 7) is 7.32. The van der Waals surface area contributed by atoms with Crippen molar-refractivity contribution >= 4 is 5.97 Å². The van der Waals surface area contributed by atoms with E-state index in [1.807, 2.05) is 20.8 Å². The zero-order valence-electron chi connectivity index (χ0n) is 11.4. The van der Waals surface area contributed by atoms with Crippen LogP contribution in [0.4, 0.5) is 0 Å². The molecule has 0 saturated heterocycles. The van der Waals surface area contributed by atoms with Crippen LogP contribution in [0.2, 0.25) is 0 Å². The van der Waals surface area contributed by atoms with Crippen LogP contribution in [0.1, 0.15) is 43.1 Å². The van der Waals surface area contributed by atoms with Gasteiger partial charge in [0, 0.05) is 12.6 Å². The van der Waals surface area contributed by atoms with Gasteiger partial charge in [0.2, 0.25) is 5.76 Å². The summed E-state index contributed by atoms with van der Waals surface area (Å²) < 4.78 is 15.3. The molecular formula is C13H21NO4. The number of nitrogens with one attached hydrogen (secondary N) is 1. The molecule has 0 aliphatic carbocycles. The minimum Gasteiger partial charge on any atom is -0.463 e. The molecule has 18 heavy (non-hydrogen) atoms. The number of hydrogen-bond acceptors (Lipinski definition) is 5. The van der Waals surface area contributed by atoms with Gasteiger partial charge in [-0.1, -0.05) is 0 Å². The van der Waals surface area contributed by atoms with Crippen molar-refractivity contribution in [3.8, 4) is 0 Å². The van der Waals surface area contributed by atoms with Crippen molar-refractivity contribution in [3.63, 3.8) is 0 Å². The van der Waals surface area contributed by atoms with Crippen molar-refractivity contribution < 1.29 is 18.7 Å². The maximum absolute atomic E-state index is 11.3. The van der Waals surface area contributed by atoms with Crippen molar-refractivity contribution in [2.75, 3.05) is 20.3 Å². The first kappa shape index (κ1) is 14.7. The van der Waals surface area contributed by atoms with Crippen LogP contribution in [0, 0.1) is 0 Å². The summed E-state index contributed by atoms with van der Waals surface area (Å²) in [6.07, 6.45) is 0. The zero-order valence-corrected chi connectivity index (χ0v) is 11.4. The van der Waals surface area contributed by atoms with Crippen LogP contribution in [-0.2, 0) is 9.47 Å². The van der Waals surface area contributed by atoms with E-state index < -0.39 is 5.97 Å². The highest BCUT2D eigenvalue weighted by Crippen LogP contribution is 2.17. The molecule has 2 unspecified atom stereocenters. The van der Waals surface area contributed by atoms with Gasteiger partial charge in [-0.2, -0.15) is 0 Å². The van der Waals surface area contributed by atoms with Crippen LogP contribution < -0.4 is 5.32 Å². The highest BCUT2D eigenvalue weighted by molar-refractivity contribution is 5.86. The fourth-order valence-corrected chi connectivity index (χ4v) is 1.65. The van der Waals surface area contributed by atoms with E-state index in [4.69, 9.17) is 9.15 Å². The van der Waals surface area contributed by atoms with Crippen LogP contribution in [0.25, 0.3) is 0 Å². The Morgan fingerprint density at radius 1 is 1.44 bits per heavy atom. The van der Waals surface area contributed by atoms with E-state index in [0.29, 0.717) is 19.0 Å². The summed E-state index contributed by atoms with van der Waals surface area (Å²) in [5, 5.41) is 3.33. The molecule has 1 heterocycles. The van der Waals surface area contributed by atoms with Gasteiger partial charge in [0.1, 0.15) is 5.76 Å². The number of rotatable bonds is 7. The minimum atomic E-state index is -0.462. The Morgan fingerprint density at radius 3 is 2.78 bits per heavy atom. The van der Waals surface area contributed by atoms with Gasteiger partial charge in [-0.3, -0.25) is 0 Å². The molecule has 0 bridgehead atoms. The summed E-state index contributed by atoms with van der Waals surface area (Å²) in [7, 11) is 1.33. The van der Waals surface area contributed by atoms with E-state index in [0.717, 1.165) is 0 Å². The highest BCUT2D eigenvalue weighted by Gasteiger charge is 2.16. The topological polar surface area (TPSA) is 60.7 Å². The SMILES string of the molecule is CCOCC(C)NC(C)c1ccc(C(=O)OC)o1. The van der Waals surface area contributed by atoms with Crippen LogP contribution in [-0.4, -0.2) is 32.3 Å². The first-order valence-corrected chi connectivity index (χ1v) is 6.10. The molecule has 1 aromatic rings. The zero-order chi connectivity index (χ0) is 13.5. The molecule has 5 heteroatoms. The van der Waals surface area contributed by atoms with Crippen molar-refractivity contribution in [1.29, 1.82) is 0 Å². The molecule has 0 radical (unpaired) electrons. The Balaban J connectivity index is 2.53. The standard InChI is InChI=1S/C13H21NO4/c1-5-17-8-9(2)14-10(3)11-6-7-12(18-11)13(15)16-4/h6-7,9-10,14H,5,8H2,1-4H3. The first-order valence-electron chi connectivity index (χ1n) is 6.10. The van der Waals surface area contributed by atoms with Gasteiger partial charge in [-0.05, 0) is 32.9 Å². The number of esters is 1. The Morgan fingerprint density at radius 2 is 2.17 bits per heavy atom. The van der Waals surface area contributed by atoms with E-state index in [1.54, 1.807) is 12.1 Å². The number of methoxy groups -OCH3 is 1. The smallest absolute Gasteiger partial charge is 0.373 e. The van der Waals surface area contributed by atoms with E-state index in [9.17, 15) is 4.79 Å². The summed E-state index contributed by atoms with van der Waals surface area (Å²) in [4.78, 5) is 11.3. The number of hydrogen-bond donors (Lipinski definition) is 1. The summed E-state index contributed by atoms with van der Waals surface area (Å²) in [5.41, 5.74) is 0. The second-order valence-corrected chi connectivity index (χ2v) is 4.14. The molecule has 1 N–H and O–H groups in total. The van der Waals surface area contributed by atoms with Gasteiger partial charge in [-0.15, -0.1) is 0 Å². The normalized spacial score (nSPS) is 14.2. The molecule has 5 nitrogen and oxygen atoms in total. The summed E-state index contributed by atoms with van der Waals surface area (Å²) in [5.74, 6) is 0.466. The number of carbonyl (C=O) groups is 1. The van der Waals surface area contributed by atoms with Crippen LogP contribution in [0.5, 0.6) is 0 Å². The Hall–Kier alpha value is -1.33. The van der Waals surface area contributed by atoms with E-state index in [2.05, 4.69) is 10.1 Å². The first-order chi connectivity index (χ1) is 8.58. The van der Waals surface area contributed by atoms with Gasteiger partial charge >= 0.3 is 5.97 Å². The van der Waals surface area contributed by atoms with Crippen molar-refractivity contribution in [2.45, 2.75) is 32.9 Å². The molecule has 0 aliphatic heterocycles. The molecule has 0 aromatic carbocycles. The van der Waals surface area contributed by atoms with Crippen LogP contribution >= 0.6 is 0 Å². The number of carbonyl (C=O) groups excluding carboxylic acids is 1. The lowest BCUT2D eigenvalue weighted by Crippen LogP contribution is -2.32. The van der Waals surface area contributed by atoms with Crippen molar-refractivity contribution in [2.24, 2.45) is 0 Å². The molecule has 0 aliphatic rings. The van der Waals surface area contributed by atoms with Gasteiger partial charge in [0.05, 0.1) is 19.8 Å². The second-order valence-electron chi connectivity index (χ2n) is 4.14. The molecule has 0 spiro atoms. The predicted molar refractivity (Wildman–Crippen MR) is 67.6 cm³/mol. The maximum Gasteiger partial charge on any atom is 0.373 e. The quantitative estimate of drug-likeness (QED) is 0.756. The molecule has 0 saturated carbocycles. The van der Waals surface area contributed by atoms with Crippen LogP contribution in [0.3, 0.4) is 0 Å². The third kappa shape index (κ3) is 4.16. The van der Waals surface area contributed by atoms with Gasteiger partial charge in [-0.25, -0.2) is 4.79 Å². The maximum atomic E-state index is 11.3. The fraction of sp³-hybridized carbons (Fsp3) is 0.615. The molecular weight excluding hydrogens is 234 g/mol. The fourth-order valence-electron chi connectivity index (χ4n) is 1.65. The molecule has 2 atom stereocenters. The van der Waals surface area contributed by atoms with Crippen LogP contribution in [0.15, 0.2) is 16.5 Å². The summed E-state index contributed by atoms with van der Waals surface area (Å²) in [6, 6.07) is 3.62. The van der Waals surface area contributed by atoms with E-state index >= 15 is 0 Å². The Kier molecular flexibility index (Phi) is 5.88. The lowest BCUT2D eigenvalue weighted by atomic mass is 10.2. The largest absolute Gasteiger partial charge is 0.463 e. The number of ether oxygens (including phenoxy) is 2. The molecule has 102 valence electrons. The van der Waals surface area contributed by atoms with Gasteiger partial charge < -0.3 is 19.2 Å². The van der Waals surface area contributed by atoms with E-state index in [-0.39, 0.29) is 17.8 Å². The highest BCUT2D eigenvalue weighted by atomic mass is 16.5. The lowest BCUT2D eigenvalue weighted by Gasteiger charge is -2.18. The van der Waals surface area contributed by atoms with E-state index in [1.165, 1.54) is 7.11 Å². The second kappa shape index (κ2) is 7.18. The monoisotopic (exact) mass is 255 g/mol. The average Bonchev–Trinajstić information content (AvgIpc) is 2.85.